The first-order valence-corrected chi connectivity index (χ1v) is 9.68. The highest BCUT2D eigenvalue weighted by Gasteiger charge is 2.32. The second-order valence-corrected chi connectivity index (χ2v) is 7.31. The van der Waals surface area contributed by atoms with Crippen molar-refractivity contribution in [1.82, 2.24) is 19.7 Å². The number of benzene rings is 1. The van der Waals surface area contributed by atoms with E-state index >= 15 is 0 Å². The van der Waals surface area contributed by atoms with Gasteiger partial charge in [0.2, 0.25) is 0 Å². The molecule has 1 N–H and O–H groups in total. The Balaban J connectivity index is 1.61. The molecule has 0 spiro atoms. The van der Waals surface area contributed by atoms with Crippen molar-refractivity contribution in [3.63, 3.8) is 0 Å². The number of pyridine rings is 2. The summed E-state index contributed by atoms with van der Waals surface area (Å²) in [4.78, 5) is 8.42. The van der Waals surface area contributed by atoms with Crippen LogP contribution in [0.3, 0.4) is 0 Å². The maximum atomic E-state index is 13.1. The standard InChI is InChI=1S/C22H16F3N5O/c23-22(24,25)19-5-2-6-20(28-19)30-18-11-14(7-8-15(18)12-26-30)16-10-9-13-3-1-4-17(29-31)21(13)27-16/h2,5-12,31H,1,3-4H2/b29-17+. The van der Waals surface area contributed by atoms with Gasteiger partial charge in [0.1, 0.15) is 11.4 Å². The number of hydrogen-bond acceptors (Lipinski definition) is 5. The van der Waals surface area contributed by atoms with Crippen molar-refractivity contribution in [2.45, 2.75) is 25.4 Å². The van der Waals surface area contributed by atoms with Gasteiger partial charge in [0.15, 0.2) is 5.82 Å². The van der Waals surface area contributed by atoms with Crippen LogP contribution in [-0.4, -0.2) is 30.7 Å². The fourth-order valence-electron chi connectivity index (χ4n) is 3.82. The van der Waals surface area contributed by atoms with Gasteiger partial charge in [-0.05, 0) is 49.1 Å². The second kappa shape index (κ2) is 7.19. The van der Waals surface area contributed by atoms with Gasteiger partial charge >= 0.3 is 6.18 Å². The molecule has 9 heteroatoms. The Labute approximate surface area is 174 Å². The zero-order chi connectivity index (χ0) is 21.6. The quantitative estimate of drug-likeness (QED) is 0.363. The molecule has 156 valence electrons. The number of aryl methyl sites for hydroxylation is 1. The molecule has 1 aliphatic carbocycles. The Hall–Kier alpha value is -3.75. The number of aromatic nitrogens is 4. The molecule has 31 heavy (non-hydrogen) atoms. The average molecular weight is 423 g/mol. The van der Waals surface area contributed by atoms with E-state index in [0.29, 0.717) is 29.0 Å². The molecule has 0 saturated carbocycles. The maximum Gasteiger partial charge on any atom is 0.433 e. The Morgan fingerprint density at radius 3 is 2.68 bits per heavy atom. The van der Waals surface area contributed by atoms with Crippen molar-refractivity contribution in [2.24, 2.45) is 5.16 Å². The van der Waals surface area contributed by atoms with E-state index in [-0.39, 0.29) is 5.82 Å². The molecule has 1 aromatic carbocycles. The summed E-state index contributed by atoms with van der Waals surface area (Å²) in [5, 5.41) is 17.7. The largest absolute Gasteiger partial charge is 0.433 e. The third-order valence-corrected chi connectivity index (χ3v) is 5.34. The van der Waals surface area contributed by atoms with Crippen LogP contribution in [0, 0.1) is 0 Å². The highest BCUT2D eigenvalue weighted by molar-refractivity contribution is 6.01. The smallest absolute Gasteiger partial charge is 0.411 e. The summed E-state index contributed by atoms with van der Waals surface area (Å²) in [5.41, 5.74) is 3.35. The van der Waals surface area contributed by atoms with Crippen molar-refractivity contribution in [2.75, 3.05) is 0 Å². The summed E-state index contributed by atoms with van der Waals surface area (Å²) in [5.74, 6) is 0.0788. The van der Waals surface area contributed by atoms with Crippen LogP contribution in [0.5, 0.6) is 0 Å². The molecule has 0 unspecified atom stereocenters. The van der Waals surface area contributed by atoms with Crippen LogP contribution in [0.15, 0.2) is 59.9 Å². The van der Waals surface area contributed by atoms with Crippen molar-refractivity contribution < 1.29 is 18.4 Å². The van der Waals surface area contributed by atoms with Gasteiger partial charge in [-0.15, -0.1) is 0 Å². The van der Waals surface area contributed by atoms with Gasteiger partial charge in [-0.1, -0.05) is 29.4 Å². The lowest BCUT2D eigenvalue weighted by Crippen LogP contribution is -2.14. The summed E-state index contributed by atoms with van der Waals surface area (Å²) in [6.07, 6.45) is -0.523. The van der Waals surface area contributed by atoms with Crippen molar-refractivity contribution in [3.8, 4) is 17.1 Å². The number of nitrogens with zero attached hydrogens (tertiary/aromatic N) is 5. The van der Waals surface area contributed by atoms with E-state index < -0.39 is 11.9 Å². The molecule has 1 aliphatic rings. The Kier molecular flexibility index (Phi) is 4.46. The molecule has 0 amide bonds. The molecule has 4 aromatic rings. The summed E-state index contributed by atoms with van der Waals surface area (Å²) in [7, 11) is 0. The number of alkyl halides is 3. The molecule has 0 saturated heterocycles. The third-order valence-electron chi connectivity index (χ3n) is 5.34. The molecular weight excluding hydrogens is 407 g/mol. The van der Waals surface area contributed by atoms with Gasteiger partial charge in [0.25, 0.3) is 0 Å². The van der Waals surface area contributed by atoms with Gasteiger partial charge in [0, 0.05) is 10.9 Å². The lowest BCUT2D eigenvalue weighted by molar-refractivity contribution is -0.141. The van der Waals surface area contributed by atoms with Gasteiger partial charge < -0.3 is 5.21 Å². The highest BCUT2D eigenvalue weighted by Crippen LogP contribution is 2.30. The van der Waals surface area contributed by atoms with Gasteiger partial charge in [-0.2, -0.15) is 18.3 Å². The van der Waals surface area contributed by atoms with Crippen LogP contribution >= 0.6 is 0 Å². The zero-order valence-corrected chi connectivity index (χ0v) is 16.1. The van der Waals surface area contributed by atoms with E-state index in [9.17, 15) is 18.4 Å². The highest BCUT2D eigenvalue weighted by atomic mass is 19.4. The molecule has 5 rings (SSSR count). The van der Waals surface area contributed by atoms with Gasteiger partial charge in [-0.25, -0.2) is 14.6 Å². The fourth-order valence-corrected chi connectivity index (χ4v) is 3.82. The summed E-state index contributed by atoms with van der Waals surface area (Å²) in [6, 6.07) is 13.1. The number of halogens is 3. The SMILES string of the molecule is O/N=C1\CCCc2ccc(-c3ccc4cnn(-c5cccc(C(F)(F)F)n5)c4c3)nc21. The van der Waals surface area contributed by atoms with E-state index in [1.807, 2.05) is 30.3 Å². The van der Waals surface area contributed by atoms with Crippen LogP contribution in [-0.2, 0) is 12.6 Å². The zero-order valence-electron chi connectivity index (χ0n) is 16.1. The van der Waals surface area contributed by atoms with Crippen LogP contribution in [0.4, 0.5) is 13.2 Å². The Bertz CT molecular complexity index is 1330. The molecule has 6 nitrogen and oxygen atoms in total. The number of fused-ring (bicyclic) bond motifs is 2. The number of hydrogen-bond donors (Lipinski definition) is 1. The predicted molar refractivity (Wildman–Crippen MR) is 108 cm³/mol. The van der Waals surface area contributed by atoms with Crippen LogP contribution in [0.2, 0.25) is 0 Å². The third kappa shape index (κ3) is 3.41. The van der Waals surface area contributed by atoms with E-state index in [1.54, 1.807) is 6.20 Å². The van der Waals surface area contributed by atoms with Gasteiger partial charge in [0.05, 0.1) is 23.1 Å². The minimum Gasteiger partial charge on any atom is -0.411 e. The molecule has 0 aliphatic heterocycles. The monoisotopic (exact) mass is 423 g/mol. The first-order valence-electron chi connectivity index (χ1n) is 9.68. The van der Waals surface area contributed by atoms with E-state index in [1.165, 1.54) is 16.8 Å². The molecule has 0 radical (unpaired) electrons. The second-order valence-electron chi connectivity index (χ2n) is 7.31. The Morgan fingerprint density at radius 2 is 1.87 bits per heavy atom. The molecule has 3 heterocycles. The number of rotatable bonds is 2. The molecule has 0 bridgehead atoms. The van der Waals surface area contributed by atoms with Crippen molar-refractivity contribution in [3.05, 3.63) is 71.7 Å². The van der Waals surface area contributed by atoms with Crippen molar-refractivity contribution in [1.29, 1.82) is 0 Å². The Morgan fingerprint density at radius 1 is 1.00 bits per heavy atom. The predicted octanol–water partition coefficient (Wildman–Crippen LogP) is 5.02. The lowest BCUT2D eigenvalue weighted by Gasteiger charge is -2.16. The summed E-state index contributed by atoms with van der Waals surface area (Å²) < 4.78 is 40.6. The first-order chi connectivity index (χ1) is 14.9. The molecule has 0 atom stereocenters. The number of oxime groups is 1. The molecule has 0 fully saturated rings. The lowest BCUT2D eigenvalue weighted by atomic mass is 9.93. The minimum atomic E-state index is -4.54. The molecular formula is C22H16F3N5O. The average Bonchev–Trinajstić information content (AvgIpc) is 3.21. The fraction of sp³-hybridized carbons (Fsp3) is 0.182. The minimum absolute atomic E-state index is 0.0788. The van der Waals surface area contributed by atoms with Gasteiger partial charge in [-0.3, -0.25) is 0 Å². The molecule has 3 aromatic heterocycles. The summed E-state index contributed by atoms with van der Waals surface area (Å²) in [6.45, 7) is 0. The van der Waals surface area contributed by atoms with E-state index in [0.717, 1.165) is 35.4 Å². The normalized spacial score (nSPS) is 15.4. The van der Waals surface area contributed by atoms with E-state index in [4.69, 9.17) is 4.98 Å². The van der Waals surface area contributed by atoms with Crippen LogP contribution < -0.4 is 0 Å². The topological polar surface area (TPSA) is 76.2 Å². The van der Waals surface area contributed by atoms with Crippen LogP contribution in [0.1, 0.15) is 29.8 Å². The first kappa shape index (κ1) is 19.2. The summed E-state index contributed by atoms with van der Waals surface area (Å²) >= 11 is 0. The van der Waals surface area contributed by atoms with Crippen molar-refractivity contribution >= 4 is 16.6 Å². The maximum absolute atomic E-state index is 13.1. The van der Waals surface area contributed by atoms with Crippen LogP contribution in [0.25, 0.3) is 28.0 Å². The van der Waals surface area contributed by atoms with E-state index in [2.05, 4.69) is 15.2 Å².